The number of aromatic nitrogens is 4. The zero-order valence-electron chi connectivity index (χ0n) is 19.3. The van der Waals surface area contributed by atoms with Crippen LogP contribution in [0.2, 0.25) is 5.02 Å². The molecule has 0 atom stereocenters. The number of unbranched alkanes of at least 4 members (excludes halogenated alkanes) is 1. The highest BCUT2D eigenvalue weighted by Gasteiger charge is 2.26. The molecule has 0 aliphatic rings. The van der Waals surface area contributed by atoms with Crippen molar-refractivity contribution in [2.45, 2.75) is 39.7 Å². The maximum atomic E-state index is 13.4. The number of imidazole rings is 1. The Morgan fingerprint density at radius 3 is 2.47 bits per heavy atom. The second kappa shape index (κ2) is 10.4. The molecule has 1 aromatic carbocycles. The third-order valence-corrected chi connectivity index (χ3v) is 6.82. The maximum Gasteiger partial charge on any atom is 0.339 e. The fraction of sp³-hybridized carbons (Fsp3) is 0.429. The SMILES string of the molecule is CCCCN(C)C(=O)n1c(=O)n(Cc2ccc(Cl)cc2)c2nc(NS(=O)(=O)CCC)nc(N)c21. The van der Waals surface area contributed by atoms with Crippen LogP contribution in [0.3, 0.4) is 0 Å². The molecule has 0 fully saturated rings. The summed E-state index contributed by atoms with van der Waals surface area (Å²) in [4.78, 5) is 36.3. The molecule has 11 nitrogen and oxygen atoms in total. The van der Waals surface area contributed by atoms with Crippen molar-refractivity contribution in [3.63, 3.8) is 0 Å². The molecule has 0 aliphatic carbocycles. The van der Waals surface area contributed by atoms with E-state index in [1.54, 1.807) is 38.2 Å². The Hall–Kier alpha value is -3.12. The number of benzene rings is 1. The van der Waals surface area contributed by atoms with Crippen LogP contribution >= 0.6 is 11.6 Å². The molecule has 34 heavy (non-hydrogen) atoms. The molecule has 0 radical (unpaired) electrons. The largest absolute Gasteiger partial charge is 0.382 e. The molecule has 184 valence electrons. The summed E-state index contributed by atoms with van der Waals surface area (Å²) in [5.41, 5.74) is 6.26. The number of nitrogens with two attached hydrogens (primary N) is 1. The number of carbonyl (C=O) groups is 1. The number of hydrogen-bond acceptors (Lipinski definition) is 7. The number of anilines is 2. The zero-order valence-corrected chi connectivity index (χ0v) is 20.9. The summed E-state index contributed by atoms with van der Waals surface area (Å²) in [5, 5.41) is 0.533. The number of sulfonamides is 1. The smallest absolute Gasteiger partial charge is 0.339 e. The lowest BCUT2D eigenvalue weighted by molar-refractivity contribution is 0.209. The quantitative estimate of drug-likeness (QED) is 0.451. The van der Waals surface area contributed by atoms with Gasteiger partial charge < -0.3 is 10.6 Å². The average Bonchev–Trinajstić information content (AvgIpc) is 3.04. The van der Waals surface area contributed by atoms with Crippen LogP contribution in [0, 0.1) is 0 Å². The summed E-state index contributed by atoms with van der Waals surface area (Å²) < 4.78 is 29.0. The third kappa shape index (κ3) is 5.50. The van der Waals surface area contributed by atoms with E-state index in [0.717, 1.165) is 23.0 Å². The molecule has 3 aromatic rings. The topological polar surface area (TPSA) is 145 Å². The van der Waals surface area contributed by atoms with Gasteiger partial charge in [-0.1, -0.05) is 44.0 Å². The van der Waals surface area contributed by atoms with Gasteiger partial charge in [-0.05, 0) is 30.5 Å². The van der Waals surface area contributed by atoms with E-state index < -0.39 is 21.7 Å². The molecule has 1 amide bonds. The predicted octanol–water partition coefficient (Wildman–Crippen LogP) is 2.73. The van der Waals surface area contributed by atoms with Crippen LogP contribution in [0.15, 0.2) is 29.1 Å². The molecule has 13 heteroatoms. The molecule has 0 aliphatic heterocycles. The Labute approximate surface area is 202 Å². The molecule has 0 saturated carbocycles. The van der Waals surface area contributed by atoms with Crippen LogP contribution in [0.25, 0.3) is 11.2 Å². The third-order valence-electron chi connectivity index (χ3n) is 5.13. The Morgan fingerprint density at radius 1 is 1.18 bits per heavy atom. The Balaban J connectivity index is 2.20. The molecule has 2 heterocycles. The van der Waals surface area contributed by atoms with Gasteiger partial charge in [0, 0.05) is 18.6 Å². The van der Waals surface area contributed by atoms with Crippen molar-refractivity contribution in [2.75, 3.05) is 29.8 Å². The van der Waals surface area contributed by atoms with Crippen molar-refractivity contribution < 1.29 is 13.2 Å². The zero-order chi connectivity index (χ0) is 25.0. The summed E-state index contributed by atoms with van der Waals surface area (Å²) >= 11 is 5.97. The Kier molecular flexibility index (Phi) is 7.82. The molecular weight excluding hydrogens is 482 g/mol. The molecule has 2 aromatic heterocycles. The fourth-order valence-corrected chi connectivity index (χ4v) is 4.56. The van der Waals surface area contributed by atoms with E-state index in [1.807, 2.05) is 6.92 Å². The normalized spacial score (nSPS) is 11.6. The highest BCUT2D eigenvalue weighted by molar-refractivity contribution is 7.92. The first-order valence-corrected chi connectivity index (χ1v) is 12.9. The van der Waals surface area contributed by atoms with Gasteiger partial charge in [-0.2, -0.15) is 9.97 Å². The van der Waals surface area contributed by atoms with Gasteiger partial charge in [0.1, 0.15) is 5.52 Å². The van der Waals surface area contributed by atoms with Crippen LogP contribution in [0.5, 0.6) is 0 Å². The lowest BCUT2D eigenvalue weighted by Gasteiger charge is -2.16. The van der Waals surface area contributed by atoms with E-state index in [0.29, 0.717) is 18.0 Å². The fourth-order valence-electron chi connectivity index (χ4n) is 3.43. The molecule has 0 bridgehead atoms. The number of fused-ring (bicyclic) bond motifs is 1. The van der Waals surface area contributed by atoms with Crippen molar-refractivity contribution >= 4 is 50.6 Å². The summed E-state index contributed by atoms with van der Waals surface area (Å²) in [7, 11) is -2.11. The summed E-state index contributed by atoms with van der Waals surface area (Å²) in [6.45, 7) is 4.22. The lowest BCUT2D eigenvalue weighted by Crippen LogP contribution is -2.38. The minimum absolute atomic E-state index is 0.0192. The molecule has 0 saturated heterocycles. The molecule has 0 unspecified atom stereocenters. The van der Waals surface area contributed by atoms with E-state index in [2.05, 4.69) is 14.7 Å². The average molecular weight is 510 g/mol. The number of amides is 1. The van der Waals surface area contributed by atoms with Crippen molar-refractivity contribution in [3.8, 4) is 0 Å². The maximum absolute atomic E-state index is 13.4. The van der Waals surface area contributed by atoms with Crippen LogP contribution in [-0.2, 0) is 16.6 Å². The van der Waals surface area contributed by atoms with Crippen LogP contribution < -0.4 is 16.1 Å². The minimum atomic E-state index is -3.70. The summed E-state index contributed by atoms with van der Waals surface area (Å²) in [6.07, 6.45) is 2.02. The van der Waals surface area contributed by atoms with E-state index in [1.165, 1.54) is 9.47 Å². The van der Waals surface area contributed by atoms with Gasteiger partial charge >= 0.3 is 11.7 Å². The van der Waals surface area contributed by atoms with Crippen molar-refractivity contribution in [1.82, 2.24) is 24.0 Å². The number of halogens is 1. The number of nitrogens with zero attached hydrogens (tertiary/aromatic N) is 5. The lowest BCUT2D eigenvalue weighted by atomic mass is 10.2. The first-order valence-electron chi connectivity index (χ1n) is 10.9. The van der Waals surface area contributed by atoms with E-state index in [9.17, 15) is 18.0 Å². The van der Waals surface area contributed by atoms with Gasteiger partial charge in [0.2, 0.25) is 16.0 Å². The Bertz CT molecular complexity index is 1350. The van der Waals surface area contributed by atoms with Crippen LogP contribution in [0.1, 0.15) is 38.7 Å². The number of rotatable bonds is 9. The summed E-state index contributed by atoms with van der Waals surface area (Å²) in [6, 6.07) is 6.26. The van der Waals surface area contributed by atoms with Crippen molar-refractivity contribution in [3.05, 3.63) is 45.3 Å². The molecular formula is C21H28ClN7O4S. The van der Waals surface area contributed by atoms with Crippen molar-refractivity contribution in [2.24, 2.45) is 0 Å². The van der Waals surface area contributed by atoms with Gasteiger partial charge in [-0.25, -0.2) is 22.6 Å². The number of hydrogen-bond donors (Lipinski definition) is 2. The summed E-state index contributed by atoms with van der Waals surface area (Å²) in [5.74, 6) is -0.594. The minimum Gasteiger partial charge on any atom is -0.382 e. The number of nitrogen functional groups attached to an aromatic ring is 1. The molecule has 3 rings (SSSR count). The first kappa shape index (κ1) is 25.5. The first-order chi connectivity index (χ1) is 16.1. The van der Waals surface area contributed by atoms with Gasteiger partial charge in [-0.15, -0.1) is 0 Å². The molecule has 0 spiro atoms. The highest BCUT2D eigenvalue weighted by atomic mass is 35.5. The molecule has 3 N–H and O–H groups in total. The number of nitrogens with one attached hydrogen (secondary N) is 1. The van der Waals surface area contributed by atoms with Crippen LogP contribution in [-0.4, -0.2) is 57.8 Å². The second-order valence-corrected chi connectivity index (χ2v) is 10.2. The predicted molar refractivity (Wildman–Crippen MR) is 133 cm³/mol. The number of carbonyl (C=O) groups excluding carboxylic acids is 1. The van der Waals surface area contributed by atoms with Gasteiger partial charge in [-0.3, -0.25) is 9.29 Å². The van der Waals surface area contributed by atoms with Gasteiger partial charge in [0.15, 0.2) is 11.5 Å². The highest BCUT2D eigenvalue weighted by Crippen LogP contribution is 2.22. The second-order valence-electron chi connectivity index (χ2n) is 7.91. The van der Waals surface area contributed by atoms with Gasteiger partial charge in [0.05, 0.1) is 12.3 Å². The standard InChI is InChI=1S/C21H28ClN7O4S/c1-4-6-11-27(3)20(30)29-16-17(23)24-19(26-34(32,33)12-5-2)25-18(16)28(21(29)31)13-14-7-9-15(22)10-8-14/h7-10H,4-6,11-13H2,1-3H3,(H3,23,24,25,26). The van der Waals surface area contributed by atoms with E-state index in [-0.39, 0.29) is 35.2 Å². The van der Waals surface area contributed by atoms with Crippen LogP contribution in [0.4, 0.5) is 16.6 Å². The van der Waals surface area contributed by atoms with E-state index >= 15 is 0 Å². The Morgan fingerprint density at radius 2 is 1.85 bits per heavy atom. The van der Waals surface area contributed by atoms with E-state index in [4.69, 9.17) is 17.3 Å². The monoisotopic (exact) mass is 509 g/mol. The van der Waals surface area contributed by atoms with Gasteiger partial charge in [0.25, 0.3) is 0 Å². The van der Waals surface area contributed by atoms with Crippen molar-refractivity contribution in [1.29, 1.82) is 0 Å².